The number of rotatable bonds is 12. The van der Waals surface area contributed by atoms with Gasteiger partial charge >= 0.3 is 5.97 Å². The van der Waals surface area contributed by atoms with Crippen LogP contribution in [0.2, 0.25) is 0 Å². The Labute approximate surface area is 140 Å². The summed E-state index contributed by atoms with van der Waals surface area (Å²) in [6, 6.07) is 0. The fraction of sp³-hybridized carbons (Fsp3) is 0.737. The summed E-state index contributed by atoms with van der Waals surface area (Å²) in [5.74, 6) is 0.774. The van der Waals surface area contributed by atoms with E-state index in [1.807, 2.05) is 6.92 Å². The molecule has 0 saturated carbocycles. The molecule has 0 saturated heterocycles. The summed E-state index contributed by atoms with van der Waals surface area (Å²) in [6.07, 6.45) is 11.9. The Bertz CT molecular complexity index is 462. The number of aryl methyl sites for hydroxylation is 2. The quantitative estimate of drug-likeness (QED) is 0.397. The maximum Gasteiger partial charge on any atom is 0.311 e. The van der Waals surface area contributed by atoms with Gasteiger partial charge in [0.25, 0.3) is 0 Å². The topological polar surface area (TPSA) is 59.7 Å². The predicted octanol–water partition coefficient (Wildman–Crippen LogP) is 5.68. The Balaban J connectivity index is 2.14. The van der Waals surface area contributed by atoms with Crippen LogP contribution in [0, 0.1) is 6.92 Å². The number of carbonyl (C=O) groups excluding carboxylic acids is 1. The fourth-order valence-corrected chi connectivity index (χ4v) is 2.68. The average Bonchev–Trinajstić information content (AvgIpc) is 2.80. The monoisotopic (exact) mass is 324 g/mol. The number of furan rings is 1. The van der Waals surface area contributed by atoms with E-state index in [1.165, 1.54) is 44.9 Å². The van der Waals surface area contributed by atoms with Gasteiger partial charge in [-0.15, -0.1) is 0 Å². The van der Waals surface area contributed by atoms with Crippen LogP contribution < -0.4 is 4.74 Å². The predicted molar refractivity (Wildman–Crippen MR) is 92.0 cm³/mol. The number of unbranched alkanes of at least 4 members (excludes halogenated alkanes) is 8. The van der Waals surface area contributed by atoms with Crippen molar-refractivity contribution in [2.75, 3.05) is 0 Å². The smallest absolute Gasteiger partial charge is 0.311 e. The average molecular weight is 324 g/mol. The molecule has 0 spiro atoms. The van der Waals surface area contributed by atoms with Crippen molar-refractivity contribution in [3.8, 4) is 11.5 Å². The van der Waals surface area contributed by atoms with Crippen molar-refractivity contribution in [3.63, 3.8) is 0 Å². The number of esters is 1. The van der Waals surface area contributed by atoms with Crippen molar-refractivity contribution < 1.29 is 19.1 Å². The molecule has 1 aromatic rings. The summed E-state index contributed by atoms with van der Waals surface area (Å²) in [5, 5.41) is 9.92. The van der Waals surface area contributed by atoms with Crippen LogP contribution >= 0.6 is 0 Å². The SMILES string of the molecule is CCCCCCCCCCCC(=O)Oc1c(C)oc(CC)c1O. The summed E-state index contributed by atoms with van der Waals surface area (Å²) in [7, 11) is 0. The molecule has 0 radical (unpaired) electrons. The molecular weight excluding hydrogens is 292 g/mol. The lowest BCUT2D eigenvalue weighted by molar-refractivity contribution is -0.134. The van der Waals surface area contributed by atoms with Gasteiger partial charge in [-0.1, -0.05) is 65.2 Å². The van der Waals surface area contributed by atoms with E-state index in [0.29, 0.717) is 24.4 Å². The summed E-state index contributed by atoms with van der Waals surface area (Å²) >= 11 is 0. The Hall–Kier alpha value is -1.45. The summed E-state index contributed by atoms with van der Waals surface area (Å²) in [4.78, 5) is 11.8. The zero-order valence-electron chi connectivity index (χ0n) is 15.0. The fourth-order valence-electron chi connectivity index (χ4n) is 2.68. The lowest BCUT2D eigenvalue weighted by Crippen LogP contribution is -2.07. The molecule has 4 nitrogen and oxygen atoms in total. The van der Waals surface area contributed by atoms with E-state index in [2.05, 4.69) is 6.92 Å². The van der Waals surface area contributed by atoms with Crippen LogP contribution in [-0.2, 0) is 11.2 Å². The van der Waals surface area contributed by atoms with Gasteiger partial charge in [0, 0.05) is 12.8 Å². The minimum absolute atomic E-state index is 0.0366. The first-order valence-electron chi connectivity index (χ1n) is 9.12. The molecule has 1 aromatic heterocycles. The lowest BCUT2D eigenvalue weighted by atomic mass is 10.1. The van der Waals surface area contributed by atoms with Crippen LogP contribution in [0.4, 0.5) is 0 Å². The van der Waals surface area contributed by atoms with Crippen LogP contribution in [0.1, 0.15) is 89.6 Å². The van der Waals surface area contributed by atoms with Crippen molar-refractivity contribution in [2.45, 2.75) is 91.4 Å². The second-order valence-electron chi connectivity index (χ2n) is 6.17. The van der Waals surface area contributed by atoms with Gasteiger partial charge in [0.1, 0.15) is 11.5 Å². The largest absolute Gasteiger partial charge is 0.502 e. The van der Waals surface area contributed by atoms with Crippen LogP contribution in [0.5, 0.6) is 11.5 Å². The van der Waals surface area contributed by atoms with Gasteiger partial charge in [0.15, 0.2) is 0 Å². The van der Waals surface area contributed by atoms with Crippen molar-refractivity contribution in [2.24, 2.45) is 0 Å². The third kappa shape index (κ3) is 7.10. The molecule has 0 aromatic carbocycles. The normalized spacial score (nSPS) is 10.9. The van der Waals surface area contributed by atoms with E-state index in [1.54, 1.807) is 6.92 Å². The molecular formula is C19H32O4. The molecule has 0 fully saturated rings. The van der Waals surface area contributed by atoms with Crippen molar-refractivity contribution in [1.29, 1.82) is 0 Å². The van der Waals surface area contributed by atoms with Crippen LogP contribution in [-0.4, -0.2) is 11.1 Å². The second-order valence-corrected chi connectivity index (χ2v) is 6.17. The minimum atomic E-state index is -0.296. The summed E-state index contributed by atoms with van der Waals surface area (Å²) < 4.78 is 10.6. The molecule has 0 unspecified atom stereocenters. The van der Waals surface area contributed by atoms with E-state index in [-0.39, 0.29) is 17.5 Å². The molecule has 23 heavy (non-hydrogen) atoms. The van der Waals surface area contributed by atoms with Gasteiger partial charge in [-0.05, 0) is 13.3 Å². The first-order chi connectivity index (χ1) is 11.1. The highest BCUT2D eigenvalue weighted by atomic mass is 16.6. The number of ether oxygens (including phenoxy) is 1. The van der Waals surface area contributed by atoms with Crippen molar-refractivity contribution >= 4 is 5.97 Å². The molecule has 4 heteroatoms. The maximum absolute atomic E-state index is 11.8. The van der Waals surface area contributed by atoms with Crippen LogP contribution in [0.3, 0.4) is 0 Å². The summed E-state index contributed by atoms with van der Waals surface area (Å²) in [5.41, 5.74) is 0. The van der Waals surface area contributed by atoms with Gasteiger partial charge < -0.3 is 14.3 Å². The second kappa shape index (κ2) is 11.1. The van der Waals surface area contributed by atoms with Gasteiger partial charge in [-0.3, -0.25) is 4.79 Å². The van der Waals surface area contributed by atoms with Gasteiger partial charge in [0.2, 0.25) is 11.5 Å². The Morgan fingerprint density at radius 1 is 1.00 bits per heavy atom. The Kier molecular flexibility index (Phi) is 9.49. The van der Waals surface area contributed by atoms with Crippen molar-refractivity contribution in [3.05, 3.63) is 11.5 Å². The van der Waals surface area contributed by atoms with Crippen molar-refractivity contribution in [1.82, 2.24) is 0 Å². The molecule has 132 valence electrons. The Morgan fingerprint density at radius 3 is 2.09 bits per heavy atom. The third-order valence-corrected chi connectivity index (χ3v) is 4.10. The molecule has 0 amide bonds. The molecule has 1 heterocycles. The van der Waals surface area contributed by atoms with E-state index < -0.39 is 0 Å². The molecule has 0 aliphatic carbocycles. The maximum atomic E-state index is 11.8. The van der Waals surface area contributed by atoms with E-state index >= 15 is 0 Å². The van der Waals surface area contributed by atoms with E-state index in [0.717, 1.165) is 12.8 Å². The molecule has 1 N–H and O–H groups in total. The standard InChI is InChI=1S/C19H32O4/c1-4-6-7-8-9-10-11-12-13-14-17(20)23-19-15(3)22-16(5-2)18(19)21/h21H,4-14H2,1-3H3. The molecule has 1 rings (SSSR count). The highest BCUT2D eigenvalue weighted by Gasteiger charge is 2.19. The first kappa shape index (κ1) is 19.6. The number of hydrogen-bond donors (Lipinski definition) is 1. The highest BCUT2D eigenvalue weighted by molar-refractivity contribution is 5.73. The molecule has 0 aliphatic heterocycles. The highest BCUT2D eigenvalue weighted by Crippen LogP contribution is 2.37. The van der Waals surface area contributed by atoms with E-state index in [4.69, 9.17) is 9.15 Å². The first-order valence-corrected chi connectivity index (χ1v) is 9.12. The van der Waals surface area contributed by atoms with Gasteiger partial charge in [-0.25, -0.2) is 0 Å². The summed E-state index contributed by atoms with van der Waals surface area (Å²) in [6.45, 7) is 5.80. The number of hydrogen-bond acceptors (Lipinski definition) is 4. The third-order valence-electron chi connectivity index (χ3n) is 4.10. The van der Waals surface area contributed by atoms with Gasteiger partial charge in [-0.2, -0.15) is 0 Å². The number of aromatic hydroxyl groups is 1. The molecule has 0 aliphatic rings. The van der Waals surface area contributed by atoms with Crippen LogP contribution in [0.15, 0.2) is 4.42 Å². The molecule has 0 bridgehead atoms. The zero-order valence-corrected chi connectivity index (χ0v) is 15.0. The number of carbonyl (C=O) groups is 1. The van der Waals surface area contributed by atoms with Gasteiger partial charge in [0.05, 0.1) is 0 Å². The van der Waals surface area contributed by atoms with Crippen LogP contribution in [0.25, 0.3) is 0 Å². The molecule has 0 atom stereocenters. The van der Waals surface area contributed by atoms with E-state index in [9.17, 15) is 9.90 Å². The minimum Gasteiger partial charge on any atom is -0.502 e. The Morgan fingerprint density at radius 2 is 1.57 bits per heavy atom. The lowest BCUT2D eigenvalue weighted by Gasteiger charge is -2.04. The zero-order chi connectivity index (χ0) is 17.1.